The molecular formula is C20H31ClN2O2. The summed E-state index contributed by atoms with van der Waals surface area (Å²) in [7, 11) is 0. The molecule has 0 bridgehead atoms. The molecule has 1 saturated heterocycles. The first-order chi connectivity index (χ1) is 11.7. The van der Waals surface area contributed by atoms with Crippen LogP contribution in [0.15, 0.2) is 24.3 Å². The van der Waals surface area contributed by atoms with Crippen molar-refractivity contribution in [2.75, 3.05) is 26.3 Å². The fourth-order valence-corrected chi connectivity index (χ4v) is 4.09. The van der Waals surface area contributed by atoms with Gasteiger partial charge in [0.15, 0.2) is 0 Å². The Morgan fingerprint density at radius 1 is 1.32 bits per heavy atom. The van der Waals surface area contributed by atoms with Gasteiger partial charge < -0.3 is 15.4 Å². The number of rotatable bonds is 5. The molecule has 1 atom stereocenters. The normalized spacial score (nSPS) is 22.7. The highest BCUT2D eigenvalue weighted by atomic mass is 35.5. The van der Waals surface area contributed by atoms with Crippen LogP contribution in [0.25, 0.3) is 0 Å². The fraction of sp³-hybridized carbons (Fsp3) is 0.650. The van der Waals surface area contributed by atoms with Crippen LogP contribution < -0.4 is 10.6 Å². The Hall–Kier alpha value is -1.10. The van der Waals surface area contributed by atoms with Crippen molar-refractivity contribution < 1.29 is 9.53 Å². The van der Waals surface area contributed by atoms with E-state index in [0.29, 0.717) is 13.0 Å². The summed E-state index contributed by atoms with van der Waals surface area (Å²) in [5.41, 5.74) is 2.80. The van der Waals surface area contributed by atoms with Crippen molar-refractivity contribution in [2.45, 2.75) is 56.9 Å². The highest BCUT2D eigenvalue weighted by molar-refractivity contribution is 5.85. The Morgan fingerprint density at radius 3 is 2.80 bits per heavy atom. The second kappa shape index (κ2) is 9.56. The number of hydrogen-bond donors (Lipinski definition) is 2. The van der Waals surface area contributed by atoms with Crippen molar-refractivity contribution in [3.05, 3.63) is 35.4 Å². The van der Waals surface area contributed by atoms with Gasteiger partial charge in [0.2, 0.25) is 5.91 Å². The molecular weight excluding hydrogens is 336 g/mol. The molecule has 1 amide bonds. The number of aryl methyl sites for hydroxylation is 1. The molecule has 4 nitrogen and oxygen atoms in total. The van der Waals surface area contributed by atoms with Crippen LogP contribution in [0.5, 0.6) is 0 Å². The third-order valence-corrected chi connectivity index (χ3v) is 5.50. The zero-order valence-electron chi connectivity index (χ0n) is 15.2. The Balaban J connectivity index is 0.00000225. The summed E-state index contributed by atoms with van der Waals surface area (Å²) in [6.07, 6.45) is 6.65. The van der Waals surface area contributed by atoms with Gasteiger partial charge in [-0.1, -0.05) is 49.1 Å². The molecule has 1 saturated carbocycles. The minimum atomic E-state index is 0. The van der Waals surface area contributed by atoms with Crippen molar-refractivity contribution in [1.82, 2.24) is 10.6 Å². The number of carbonyl (C=O) groups is 1. The summed E-state index contributed by atoms with van der Waals surface area (Å²) in [6.45, 7) is 5.12. The van der Waals surface area contributed by atoms with Gasteiger partial charge >= 0.3 is 0 Å². The van der Waals surface area contributed by atoms with Crippen LogP contribution in [0, 0.1) is 6.92 Å². The largest absolute Gasteiger partial charge is 0.378 e. The van der Waals surface area contributed by atoms with E-state index in [1.165, 1.54) is 43.2 Å². The molecule has 1 unspecified atom stereocenters. The maximum atomic E-state index is 12.4. The van der Waals surface area contributed by atoms with E-state index in [-0.39, 0.29) is 29.8 Å². The predicted octanol–water partition coefficient (Wildman–Crippen LogP) is 3.11. The summed E-state index contributed by atoms with van der Waals surface area (Å²) in [5.74, 6) is 0.135. The van der Waals surface area contributed by atoms with Gasteiger partial charge in [0.05, 0.1) is 13.2 Å². The summed E-state index contributed by atoms with van der Waals surface area (Å²) >= 11 is 0. The van der Waals surface area contributed by atoms with E-state index in [2.05, 4.69) is 41.8 Å². The molecule has 140 valence electrons. The smallest absolute Gasteiger partial charge is 0.221 e. The molecule has 0 radical (unpaired) electrons. The second-order valence-corrected chi connectivity index (χ2v) is 7.42. The molecule has 25 heavy (non-hydrogen) atoms. The van der Waals surface area contributed by atoms with E-state index in [4.69, 9.17) is 4.74 Å². The van der Waals surface area contributed by atoms with Crippen LogP contribution >= 0.6 is 12.4 Å². The Bertz CT molecular complexity index is 552. The second-order valence-electron chi connectivity index (χ2n) is 7.42. The van der Waals surface area contributed by atoms with Gasteiger partial charge in [-0.25, -0.2) is 0 Å². The van der Waals surface area contributed by atoms with Crippen LogP contribution in [0.4, 0.5) is 0 Å². The predicted molar refractivity (Wildman–Crippen MR) is 103 cm³/mol. The van der Waals surface area contributed by atoms with E-state index >= 15 is 0 Å². The standard InChI is InChI=1S/C20H30N2O2.ClH/c1-16-6-5-7-17(12-16)20(8-3-2-4-9-20)15-22-19(23)13-18-14-24-11-10-21-18;/h5-7,12,18,21H,2-4,8-11,13-15H2,1H3,(H,22,23);1H. The molecule has 2 N–H and O–H groups in total. The van der Waals surface area contributed by atoms with Crippen LogP contribution in [0.2, 0.25) is 0 Å². The first-order valence-corrected chi connectivity index (χ1v) is 9.33. The summed E-state index contributed by atoms with van der Waals surface area (Å²) in [6, 6.07) is 8.98. The lowest BCUT2D eigenvalue weighted by Crippen LogP contribution is -2.47. The maximum Gasteiger partial charge on any atom is 0.221 e. The van der Waals surface area contributed by atoms with E-state index in [1.807, 2.05) is 0 Å². The molecule has 5 heteroatoms. The molecule has 1 aliphatic carbocycles. The first kappa shape index (κ1) is 20.2. The zero-order chi connectivity index (χ0) is 16.8. The minimum absolute atomic E-state index is 0. The Morgan fingerprint density at radius 2 is 2.12 bits per heavy atom. The molecule has 3 rings (SSSR count). The van der Waals surface area contributed by atoms with Gasteiger partial charge in [-0.05, 0) is 25.3 Å². The molecule has 0 spiro atoms. The van der Waals surface area contributed by atoms with Crippen molar-refractivity contribution in [3.8, 4) is 0 Å². The summed E-state index contributed by atoms with van der Waals surface area (Å²) in [5, 5.41) is 6.57. The fourth-order valence-electron chi connectivity index (χ4n) is 4.09. The average Bonchev–Trinajstić information content (AvgIpc) is 2.62. The number of benzene rings is 1. The van der Waals surface area contributed by atoms with Gasteiger partial charge in [-0.15, -0.1) is 12.4 Å². The van der Waals surface area contributed by atoms with E-state index in [0.717, 1.165) is 19.7 Å². The van der Waals surface area contributed by atoms with E-state index in [1.54, 1.807) is 0 Å². The molecule has 2 fully saturated rings. The van der Waals surface area contributed by atoms with Crippen molar-refractivity contribution in [2.24, 2.45) is 0 Å². The number of hydrogen-bond acceptors (Lipinski definition) is 3. The summed E-state index contributed by atoms with van der Waals surface area (Å²) < 4.78 is 5.44. The van der Waals surface area contributed by atoms with Gasteiger partial charge in [-0.3, -0.25) is 4.79 Å². The molecule has 1 aromatic carbocycles. The molecule has 1 aromatic rings. The zero-order valence-corrected chi connectivity index (χ0v) is 16.0. The number of ether oxygens (including phenoxy) is 1. The molecule has 0 aromatic heterocycles. The first-order valence-electron chi connectivity index (χ1n) is 9.33. The third kappa shape index (κ3) is 5.44. The Labute approximate surface area is 157 Å². The SMILES string of the molecule is Cc1cccc(C2(CNC(=O)CC3COCCN3)CCCCC2)c1.Cl. The van der Waals surface area contributed by atoms with Crippen molar-refractivity contribution in [3.63, 3.8) is 0 Å². The molecule has 1 aliphatic heterocycles. The van der Waals surface area contributed by atoms with Crippen LogP contribution in [-0.2, 0) is 14.9 Å². The van der Waals surface area contributed by atoms with Crippen LogP contribution in [0.3, 0.4) is 0 Å². The maximum absolute atomic E-state index is 12.4. The number of halogens is 1. The van der Waals surface area contributed by atoms with Gasteiger partial charge in [0, 0.05) is 31.0 Å². The minimum Gasteiger partial charge on any atom is -0.378 e. The van der Waals surface area contributed by atoms with Crippen LogP contribution in [0.1, 0.15) is 49.7 Å². The quantitative estimate of drug-likeness (QED) is 0.841. The Kier molecular flexibility index (Phi) is 7.73. The molecule has 1 heterocycles. The van der Waals surface area contributed by atoms with Gasteiger partial charge in [-0.2, -0.15) is 0 Å². The number of nitrogens with one attached hydrogen (secondary N) is 2. The topological polar surface area (TPSA) is 50.4 Å². The monoisotopic (exact) mass is 366 g/mol. The molecule has 2 aliphatic rings. The lowest BCUT2D eigenvalue weighted by Gasteiger charge is -2.38. The number of carbonyl (C=O) groups excluding carboxylic acids is 1. The highest BCUT2D eigenvalue weighted by Crippen LogP contribution is 2.39. The summed E-state index contributed by atoms with van der Waals surface area (Å²) in [4.78, 5) is 12.4. The lowest BCUT2D eigenvalue weighted by molar-refractivity contribution is -0.122. The van der Waals surface area contributed by atoms with Gasteiger partial charge in [0.25, 0.3) is 0 Å². The highest BCUT2D eigenvalue weighted by Gasteiger charge is 2.34. The average molecular weight is 367 g/mol. The third-order valence-electron chi connectivity index (χ3n) is 5.50. The van der Waals surface area contributed by atoms with E-state index in [9.17, 15) is 4.79 Å². The van der Waals surface area contributed by atoms with E-state index < -0.39 is 0 Å². The van der Waals surface area contributed by atoms with Crippen molar-refractivity contribution in [1.29, 1.82) is 0 Å². The van der Waals surface area contributed by atoms with Crippen LogP contribution in [-0.4, -0.2) is 38.3 Å². The number of morpholine rings is 1. The lowest BCUT2D eigenvalue weighted by atomic mass is 9.69. The number of amides is 1. The van der Waals surface area contributed by atoms with Crippen molar-refractivity contribution >= 4 is 18.3 Å². The van der Waals surface area contributed by atoms with Gasteiger partial charge in [0.1, 0.15) is 0 Å².